The molecule has 0 aromatic carbocycles. The molecule has 0 atom stereocenters. The van der Waals surface area contributed by atoms with Gasteiger partial charge in [-0.25, -0.2) is 0 Å². The topological polar surface area (TPSA) is 190 Å². The largest absolute Gasteiger partial charge is 0.480 e. The van der Waals surface area contributed by atoms with E-state index in [4.69, 9.17) is 57.9 Å². The summed E-state index contributed by atoms with van der Waals surface area (Å²) in [4.78, 5) is 32.0. The first-order chi connectivity index (χ1) is 31.6. The Kier molecular flexibility index (Phi) is 63.8. The Morgan fingerprint density at radius 2 is 0.506 bits per heavy atom. The molecule has 3 aliphatic rings. The summed E-state index contributed by atoms with van der Waals surface area (Å²) in [6.45, 7) is 56.0. The highest BCUT2D eigenvalue weighted by Crippen LogP contribution is 2.41. The molecule has 31 heteroatoms. The van der Waals surface area contributed by atoms with Crippen molar-refractivity contribution in [1.29, 1.82) is 0 Å². The average Bonchev–Trinajstić information content (AvgIpc) is 3.15. The molecule has 0 saturated carbocycles. The van der Waals surface area contributed by atoms with Crippen LogP contribution in [0.1, 0.15) is 170 Å². The third-order valence-corrected chi connectivity index (χ3v) is 65.3. The zero-order valence-electron chi connectivity index (χ0n) is 50.4. The number of hydrogen-bond acceptors (Lipinski definition) is 17. The van der Waals surface area contributed by atoms with Gasteiger partial charge in [0.1, 0.15) is 0 Å². The molecular formula is C52H158O17Si14. The molecule has 3 N–H and O–H groups in total. The lowest BCUT2D eigenvalue weighted by Gasteiger charge is -2.53. The Morgan fingerprint density at radius 1 is 0.325 bits per heavy atom. The van der Waals surface area contributed by atoms with Gasteiger partial charge in [-0.05, 0) is 127 Å². The van der Waals surface area contributed by atoms with Gasteiger partial charge in [0.15, 0.2) is 49.9 Å². The maximum absolute atomic E-state index is 10.7. The summed E-state index contributed by atoms with van der Waals surface area (Å²) < 4.78 is 83.6. The smallest absolute Gasteiger partial charge is 0.455 e. The number of rotatable bonds is 21. The average molecular weight is 1450 g/mol. The highest BCUT2D eigenvalue weighted by Gasteiger charge is 2.71. The van der Waals surface area contributed by atoms with Gasteiger partial charge in [0, 0.05) is 52.9 Å². The van der Waals surface area contributed by atoms with Crippen LogP contribution < -0.4 is 0 Å². The molecule has 0 amide bonds. The van der Waals surface area contributed by atoms with Crippen LogP contribution in [0.5, 0.6) is 0 Å². The summed E-state index contributed by atoms with van der Waals surface area (Å²) >= 11 is 0. The summed E-state index contributed by atoms with van der Waals surface area (Å²) in [6.07, 6.45) is 5.24. The molecule has 3 rings (SSSR count). The first-order valence-corrected chi connectivity index (χ1v) is 62.2. The van der Waals surface area contributed by atoms with E-state index in [1.165, 1.54) is 83.1 Å². The predicted octanol–water partition coefficient (Wildman–Crippen LogP) is 19.3. The standard InChI is InChI=1S/C16H38OSi2.C12H34O3Si4.C7H24O12Si7.C5H14OSi.12CH4/c1-9-15(10-2)13-18(5,6)17-19(7,8)14-16(11-3)12-4;1-10-17(4,5)13-16(14-18(6,7)11-2)15-19(8,9)12-3;1-20(8)11-23(4)13-21(2,9)15-25(6)16-22(3,10)14-24(5,12-20)18-26(7,17-23)19-25;1-5-7(3,4)6-2;;;;;;;;;;;;/h15-16H,9-14H2,1-8H3;16H,10-12H2,1-9H3;8-10H,1-7H3;5H2,1-4H3;12*1H4. The quantitative estimate of drug-likeness (QED) is 0.0919. The fourth-order valence-electron chi connectivity index (χ4n) is 8.01. The summed E-state index contributed by atoms with van der Waals surface area (Å²) in [7, 11) is -35.4. The zero-order valence-corrected chi connectivity index (χ0v) is 64.5. The Bertz CT molecular complexity index is 1390. The first kappa shape index (κ1) is 116. The summed E-state index contributed by atoms with van der Waals surface area (Å²) in [5, 5.41) is 0. The minimum Gasteiger partial charge on any atom is -0.455 e. The van der Waals surface area contributed by atoms with Crippen LogP contribution in [0.2, 0.25) is 161 Å². The Balaban J connectivity index is -0.0000000721. The normalized spacial score (nSPS) is 26.5. The Labute approximate surface area is 539 Å². The highest BCUT2D eigenvalue weighted by molar-refractivity contribution is 6.97. The van der Waals surface area contributed by atoms with Gasteiger partial charge in [-0.1, -0.05) is 170 Å². The molecule has 0 aliphatic carbocycles. The van der Waals surface area contributed by atoms with Gasteiger partial charge in [-0.2, -0.15) is 0 Å². The van der Waals surface area contributed by atoms with Crippen molar-refractivity contribution in [3.8, 4) is 0 Å². The SMILES string of the molecule is C.C.C.C.C.C.C.C.C.C.C.C.CCC(CC)C[Si](C)(C)O[Si](C)(C)CC(CC)CC.CC[Si](C)(C)OC.CC[Si](C)(C)O[SiH](O[Si](C)(C)CC)O[Si](C)(C)CC.C[Si]1(O)O[Si]2(C)O[Si](C)(O)O[Si]3(C)O[Si](C)(O)O[Si](C)(O1)O[Si](C)(O2)O3. The van der Waals surface area contributed by atoms with E-state index in [0.29, 0.717) is 0 Å². The van der Waals surface area contributed by atoms with Crippen molar-refractivity contribution in [2.45, 2.75) is 331 Å². The summed E-state index contributed by atoms with van der Waals surface area (Å²) in [5.41, 5.74) is 0. The lowest BCUT2D eigenvalue weighted by molar-refractivity contribution is 0.0209. The van der Waals surface area contributed by atoms with Crippen molar-refractivity contribution < 1.29 is 72.3 Å². The van der Waals surface area contributed by atoms with E-state index in [0.717, 1.165) is 30.0 Å². The molecule has 0 aromatic rings. The van der Waals surface area contributed by atoms with Crippen molar-refractivity contribution in [2.24, 2.45) is 11.8 Å². The minimum atomic E-state index is -3.88. The van der Waals surface area contributed by atoms with E-state index in [-0.39, 0.29) is 89.1 Å². The van der Waals surface area contributed by atoms with Crippen LogP contribution in [0.25, 0.3) is 0 Å². The van der Waals surface area contributed by atoms with E-state index in [9.17, 15) is 14.4 Å². The second-order valence-electron chi connectivity index (χ2n) is 23.8. The van der Waals surface area contributed by atoms with Gasteiger partial charge in [0.2, 0.25) is 0 Å². The maximum Gasteiger partial charge on any atom is 0.480 e. The summed E-state index contributed by atoms with van der Waals surface area (Å²) in [6, 6.07) is 7.25. The molecule has 17 nitrogen and oxygen atoms in total. The zero-order chi connectivity index (χ0) is 56.2. The molecule has 0 aromatic heterocycles. The molecule has 4 bridgehead atoms. The molecular weight excluding hydrogens is 1290 g/mol. The molecule has 3 aliphatic heterocycles. The molecule has 3 saturated heterocycles. The Hall–Kier alpha value is 2.36. The van der Waals surface area contributed by atoms with Crippen LogP contribution in [0.3, 0.4) is 0 Å². The van der Waals surface area contributed by atoms with Crippen molar-refractivity contribution in [1.82, 2.24) is 0 Å². The monoisotopic (exact) mass is 1450 g/mol. The summed E-state index contributed by atoms with van der Waals surface area (Å²) in [5.74, 6) is 1.75. The first-order valence-electron chi connectivity index (χ1n) is 26.4. The molecule has 3 fully saturated rings. The van der Waals surface area contributed by atoms with Crippen molar-refractivity contribution in [3.63, 3.8) is 0 Å². The minimum absolute atomic E-state index is 0. The fraction of sp³-hybridized carbons (Fsp3) is 1.00. The second kappa shape index (κ2) is 45.6. The van der Waals surface area contributed by atoms with E-state index < -0.39 is 121 Å². The number of hydrogen-bond donors (Lipinski definition) is 3. The molecule has 0 spiro atoms. The Morgan fingerprint density at radius 3 is 0.651 bits per heavy atom. The van der Waals surface area contributed by atoms with Crippen LogP contribution in [0, 0.1) is 11.8 Å². The van der Waals surface area contributed by atoms with Crippen LogP contribution in [-0.4, -0.2) is 143 Å². The van der Waals surface area contributed by atoms with Crippen LogP contribution in [0.15, 0.2) is 0 Å². The molecule has 0 unspecified atom stereocenters. The van der Waals surface area contributed by atoms with Gasteiger partial charge in [-0.15, -0.1) is 0 Å². The maximum atomic E-state index is 10.7. The molecule has 3 heterocycles. The van der Waals surface area contributed by atoms with Crippen molar-refractivity contribution in [2.75, 3.05) is 7.11 Å². The van der Waals surface area contributed by atoms with Gasteiger partial charge >= 0.3 is 71.2 Å². The molecule has 83 heavy (non-hydrogen) atoms. The van der Waals surface area contributed by atoms with Gasteiger partial charge < -0.3 is 72.3 Å². The van der Waals surface area contributed by atoms with Crippen LogP contribution in [0.4, 0.5) is 0 Å². The van der Waals surface area contributed by atoms with Gasteiger partial charge in [-0.3, -0.25) is 0 Å². The van der Waals surface area contributed by atoms with Gasteiger partial charge in [0.05, 0.1) is 0 Å². The van der Waals surface area contributed by atoms with E-state index >= 15 is 0 Å². The fourth-order valence-corrected chi connectivity index (χ4v) is 61.7. The van der Waals surface area contributed by atoms with E-state index in [1.54, 1.807) is 13.7 Å². The van der Waals surface area contributed by atoms with Crippen molar-refractivity contribution >= 4 is 121 Å². The molecule has 0 radical (unpaired) electrons. The van der Waals surface area contributed by atoms with Crippen LogP contribution >= 0.6 is 0 Å². The second-order valence-corrected chi connectivity index (χ2v) is 72.8. The van der Waals surface area contributed by atoms with E-state index in [2.05, 4.69) is 134 Å². The van der Waals surface area contributed by atoms with E-state index in [1.807, 2.05) is 0 Å². The lowest BCUT2D eigenvalue weighted by Crippen LogP contribution is -2.79. The van der Waals surface area contributed by atoms with Gasteiger partial charge in [0.25, 0.3) is 0 Å². The van der Waals surface area contributed by atoms with Crippen LogP contribution in [-0.2, 0) is 57.9 Å². The highest BCUT2D eigenvalue weighted by atomic mass is 28.6. The third kappa shape index (κ3) is 47.0. The third-order valence-electron chi connectivity index (χ3n) is 13.0. The number of fused-ring (bicyclic) bond motifs is 3. The lowest BCUT2D eigenvalue weighted by atomic mass is 10.1. The molecule has 524 valence electrons. The van der Waals surface area contributed by atoms with Crippen molar-refractivity contribution in [3.05, 3.63) is 0 Å². The predicted molar refractivity (Wildman–Crippen MR) is 402 cm³/mol.